The summed E-state index contributed by atoms with van der Waals surface area (Å²) in [5.41, 5.74) is 2.55. The largest absolute Gasteiger partial charge is 0.490 e. The summed E-state index contributed by atoms with van der Waals surface area (Å²) < 4.78 is 5.59. The second-order valence-electron chi connectivity index (χ2n) is 3.43. The molecule has 0 spiro atoms. The fourth-order valence-corrected chi connectivity index (χ4v) is 1.62. The van der Waals surface area contributed by atoms with Gasteiger partial charge in [-0.2, -0.15) is 0 Å². The number of likely N-dealkylation sites (N-methyl/N-ethyl adjacent to an activating group) is 1. The number of aryl methyl sites for hydroxylation is 1. The highest BCUT2D eigenvalue weighted by Crippen LogP contribution is 2.31. The molecule has 0 atom stereocenters. The summed E-state index contributed by atoms with van der Waals surface area (Å²) in [6.45, 7) is 5.95. The minimum Gasteiger partial charge on any atom is -0.490 e. The Balaban J connectivity index is 0.000000531. The molecule has 0 aliphatic carbocycles. The zero-order valence-electron chi connectivity index (χ0n) is 9.32. The maximum atomic E-state index is 8.00. The Labute approximate surface area is 90.7 Å². The first-order chi connectivity index (χ1) is 7.31. The summed E-state index contributed by atoms with van der Waals surface area (Å²) >= 11 is 0. The molecule has 0 fully saturated rings. The van der Waals surface area contributed by atoms with E-state index in [4.69, 9.17) is 9.53 Å². The highest BCUT2D eigenvalue weighted by atomic mass is 16.5. The molecule has 0 amide bonds. The quantitative estimate of drug-likeness (QED) is 0.704. The normalized spacial score (nSPS) is 13.3. The molecular formula is C12H17NO2. The van der Waals surface area contributed by atoms with Crippen molar-refractivity contribution in [2.75, 3.05) is 25.1 Å². The van der Waals surface area contributed by atoms with Crippen LogP contribution in [0.3, 0.4) is 0 Å². The van der Waals surface area contributed by atoms with Gasteiger partial charge >= 0.3 is 0 Å². The molecule has 1 aliphatic rings. The van der Waals surface area contributed by atoms with E-state index in [9.17, 15) is 0 Å². The monoisotopic (exact) mass is 207 g/mol. The molecule has 82 valence electrons. The number of carbonyl (C=O) groups excluding carboxylic acids is 1. The zero-order valence-corrected chi connectivity index (χ0v) is 9.32. The van der Waals surface area contributed by atoms with Crippen molar-refractivity contribution < 1.29 is 9.53 Å². The maximum Gasteiger partial charge on any atom is 0.142 e. The maximum absolute atomic E-state index is 8.00. The fraction of sp³-hybridized carbons (Fsp3) is 0.417. The minimum absolute atomic E-state index is 0.802. The van der Waals surface area contributed by atoms with Crippen LogP contribution < -0.4 is 9.64 Å². The lowest BCUT2D eigenvalue weighted by molar-refractivity contribution is -0.0979. The van der Waals surface area contributed by atoms with Crippen molar-refractivity contribution in [3.8, 4) is 5.75 Å². The minimum atomic E-state index is 0.802. The predicted molar refractivity (Wildman–Crippen MR) is 61.7 cm³/mol. The van der Waals surface area contributed by atoms with E-state index in [2.05, 4.69) is 37.1 Å². The van der Waals surface area contributed by atoms with E-state index in [0.29, 0.717) is 0 Å². The average molecular weight is 207 g/mol. The molecule has 1 heterocycles. The Morgan fingerprint density at radius 3 is 2.87 bits per heavy atom. The molecule has 0 aromatic heterocycles. The van der Waals surface area contributed by atoms with Gasteiger partial charge in [-0.3, -0.25) is 0 Å². The van der Waals surface area contributed by atoms with Crippen LogP contribution >= 0.6 is 0 Å². The number of fused-ring (bicyclic) bond motifs is 1. The lowest BCUT2D eigenvalue weighted by atomic mass is 10.1. The van der Waals surface area contributed by atoms with Crippen molar-refractivity contribution >= 4 is 12.5 Å². The Hall–Kier alpha value is -1.51. The van der Waals surface area contributed by atoms with E-state index >= 15 is 0 Å². The van der Waals surface area contributed by atoms with Gasteiger partial charge in [0.05, 0.1) is 12.2 Å². The van der Waals surface area contributed by atoms with Crippen molar-refractivity contribution in [3.63, 3.8) is 0 Å². The number of hydrogen-bond donors (Lipinski definition) is 0. The van der Waals surface area contributed by atoms with Crippen LogP contribution in [0, 0.1) is 0 Å². The summed E-state index contributed by atoms with van der Waals surface area (Å²) in [7, 11) is 2.10. The molecule has 0 N–H and O–H groups in total. The van der Waals surface area contributed by atoms with Crippen LogP contribution in [0.25, 0.3) is 0 Å². The fourth-order valence-electron chi connectivity index (χ4n) is 1.62. The van der Waals surface area contributed by atoms with Gasteiger partial charge < -0.3 is 14.4 Å². The van der Waals surface area contributed by atoms with E-state index in [1.54, 1.807) is 0 Å². The average Bonchev–Trinajstić information content (AvgIpc) is 2.31. The van der Waals surface area contributed by atoms with E-state index in [1.165, 1.54) is 11.3 Å². The van der Waals surface area contributed by atoms with Crippen molar-refractivity contribution in [1.82, 2.24) is 0 Å². The van der Waals surface area contributed by atoms with Gasteiger partial charge in [0.1, 0.15) is 19.1 Å². The molecule has 1 aliphatic heterocycles. The Morgan fingerprint density at radius 1 is 1.47 bits per heavy atom. The number of nitrogens with zero attached hydrogens (tertiary/aromatic N) is 1. The smallest absolute Gasteiger partial charge is 0.142 e. The van der Waals surface area contributed by atoms with E-state index < -0.39 is 0 Å². The van der Waals surface area contributed by atoms with E-state index in [-0.39, 0.29) is 0 Å². The van der Waals surface area contributed by atoms with Gasteiger partial charge in [-0.05, 0) is 24.1 Å². The topological polar surface area (TPSA) is 29.5 Å². The van der Waals surface area contributed by atoms with Crippen molar-refractivity contribution in [2.45, 2.75) is 13.3 Å². The van der Waals surface area contributed by atoms with Crippen molar-refractivity contribution in [2.24, 2.45) is 0 Å². The Kier molecular flexibility index (Phi) is 4.16. The molecule has 2 rings (SSSR count). The lowest BCUT2D eigenvalue weighted by Crippen LogP contribution is -2.28. The molecular weight excluding hydrogens is 190 g/mol. The molecule has 0 saturated heterocycles. The van der Waals surface area contributed by atoms with Crippen LogP contribution in [0.1, 0.15) is 12.5 Å². The molecule has 3 nitrogen and oxygen atoms in total. The highest BCUT2D eigenvalue weighted by molar-refractivity contribution is 5.60. The SMILES string of the molecule is C=O.CCc1ccc2c(c1)OCCN2C. The highest BCUT2D eigenvalue weighted by Gasteiger charge is 2.13. The van der Waals surface area contributed by atoms with E-state index in [1.807, 2.05) is 6.79 Å². The van der Waals surface area contributed by atoms with Gasteiger partial charge in [0.25, 0.3) is 0 Å². The molecule has 1 aromatic carbocycles. The summed E-state index contributed by atoms with van der Waals surface area (Å²) in [4.78, 5) is 10.2. The predicted octanol–water partition coefficient (Wildman–Crippen LogP) is 1.89. The van der Waals surface area contributed by atoms with Crippen molar-refractivity contribution in [3.05, 3.63) is 23.8 Å². The van der Waals surface area contributed by atoms with Crippen LogP contribution in [0.15, 0.2) is 18.2 Å². The third kappa shape index (κ3) is 2.49. The van der Waals surface area contributed by atoms with Crippen LogP contribution in [-0.2, 0) is 11.2 Å². The van der Waals surface area contributed by atoms with Gasteiger partial charge in [0.2, 0.25) is 0 Å². The van der Waals surface area contributed by atoms with Crippen LogP contribution in [-0.4, -0.2) is 27.0 Å². The first kappa shape index (κ1) is 11.6. The van der Waals surface area contributed by atoms with Gasteiger partial charge in [-0.15, -0.1) is 0 Å². The number of rotatable bonds is 1. The molecule has 0 saturated carbocycles. The molecule has 0 bridgehead atoms. The summed E-state index contributed by atoms with van der Waals surface area (Å²) in [5.74, 6) is 1.04. The number of benzene rings is 1. The Bertz CT molecular complexity index is 325. The summed E-state index contributed by atoms with van der Waals surface area (Å²) in [5, 5.41) is 0. The lowest BCUT2D eigenvalue weighted by Gasteiger charge is -2.27. The molecule has 15 heavy (non-hydrogen) atoms. The van der Waals surface area contributed by atoms with Crippen LogP contribution in [0.2, 0.25) is 0 Å². The second kappa shape index (κ2) is 5.39. The first-order valence-electron chi connectivity index (χ1n) is 5.07. The van der Waals surface area contributed by atoms with Gasteiger partial charge in [0.15, 0.2) is 0 Å². The summed E-state index contributed by atoms with van der Waals surface area (Å²) in [6, 6.07) is 6.46. The molecule has 0 unspecified atom stereocenters. The van der Waals surface area contributed by atoms with Gasteiger partial charge in [0, 0.05) is 7.05 Å². The Morgan fingerprint density at radius 2 is 2.20 bits per heavy atom. The molecule has 1 aromatic rings. The number of ether oxygens (including phenoxy) is 1. The van der Waals surface area contributed by atoms with Gasteiger partial charge in [-0.1, -0.05) is 13.0 Å². The third-order valence-corrected chi connectivity index (χ3v) is 2.53. The second-order valence-corrected chi connectivity index (χ2v) is 3.43. The summed E-state index contributed by atoms with van der Waals surface area (Å²) in [6.07, 6.45) is 1.07. The third-order valence-electron chi connectivity index (χ3n) is 2.53. The number of carbonyl (C=O) groups is 1. The van der Waals surface area contributed by atoms with Crippen LogP contribution in [0.4, 0.5) is 5.69 Å². The van der Waals surface area contributed by atoms with Crippen LogP contribution in [0.5, 0.6) is 5.75 Å². The molecule has 3 heteroatoms. The number of anilines is 1. The molecule has 0 radical (unpaired) electrons. The number of hydrogen-bond acceptors (Lipinski definition) is 3. The van der Waals surface area contributed by atoms with E-state index in [0.717, 1.165) is 25.3 Å². The first-order valence-corrected chi connectivity index (χ1v) is 5.07. The van der Waals surface area contributed by atoms with Crippen molar-refractivity contribution in [1.29, 1.82) is 0 Å². The zero-order chi connectivity index (χ0) is 11.3. The standard InChI is InChI=1S/C11H15NO.CH2O/c1-3-9-4-5-10-11(8-9)13-7-6-12(10)2;1-2/h4-5,8H,3,6-7H2,1-2H3;1H2. The van der Waals surface area contributed by atoms with Gasteiger partial charge in [-0.25, -0.2) is 0 Å².